The molecule has 0 aromatic rings. The van der Waals surface area contributed by atoms with Crippen molar-refractivity contribution in [3.63, 3.8) is 0 Å². The molecule has 3 heteroatoms. The smallest absolute Gasteiger partial charge is 0.322 e. The summed E-state index contributed by atoms with van der Waals surface area (Å²) in [7, 11) is 0. The second-order valence-electron chi connectivity index (χ2n) is 3.88. The minimum atomic E-state index is -0.565. The number of thioether (sulfide) groups is 1. The van der Waals surface area contributed by atoms with Crippen LogP contribution in [-0.2, 0) is 9.53 Å². The molecule has 2 nitrogen and oxygen atoms in total. The van der Waals surface area contributed by atoms with E-state index in [9.17, 15) is 4.79 Å². The van der Waals surface area contributed by atoms with Crippen molar-refractivity contribution in [3.8, 4) is 0 Å². The molecule has 0 radical (unpaired) electrons. The third kappa shape index (κ3) is 2.32. The maximum atomic E-state index is 11.8. The van der Waals surface area contributed by atoms with E-state index >= 15 is 0 Å². The number of ether oxygens (including phenoxy) is 1. The Morgan fingerprint density at radius 1 is 1.50 bits per heavy atom. The Labute approximate surface area is 91.1 Å². The van der Waals surface area contributed by atoms with Crippen LogP contribution in [0.4, 0.5) is 0 Å². The number of hydrogen-bond donors (Lipinski definition) is 0. The summed E-state index contributed by atoms with van der Waals surface area (Å²) in [5.41, 5.74) is -0.279. The standard InChI is InChI=1S/C11H20O2S/c1-7-10(3,4)11(5,14-6)9(12)13-8-2/h7H,1,8H2,2-6H3. The molecule has 0 fully saturated rings. The average Bonchev–Trinajstić information content (AvgIpc) is 2.16. The van der Waals surface area contributed by atoms with E-state index in [0.717, 1.165) is 0 Å². The Morgan fingerprint density at radius 2 is 2.00 bits per heavy atom. The molecule has 0 rings (SSSR count). The fourth-order valence-corrected chi connectivity index (χ4v) is 1.91. The van der Waals surface area contributed by atoms with Gasteiger partial charge < -0.3 is 4.74 Å². The van der Waals surface area contributed by atoms with Crippen LogP contribution >= 0.6 is 11.8 Å². The molecule has 14 heavy (non-hydrogen) atoms. The molecule has 0 aliphatic carbocycles. The lowest BCUT2D eigenvalue weighted by atomic mass is 9.79. The molecule has 82 valence electrons. The van der Waals surface area contributed by atoms with Gasteiger partial charge in [-0.05, 0) is 20.1 Å². The van der Waals surface area contributed by atoms with Gasteiger partial charge in [0.05, 0.1) is 6.61 Å². The van der Waals surface area contributed by atoms with E-state index in [-0.39, 0.29) is 11.4 Å². The lowest BCUT2D eigenvalue weighted by Crippen LogP contribution is -2.45. The first kappa shape index (κ1) is 13.6. The molecule has 0 aromatic carbocycles. The number of hydrogen-bond acceptors (Lipinski definition) is 3. The van der Waals surface area contributed by atoms with Gasteiger partial charge in [-0.15, -0.1) is 18.3 Å². The monoisotopic (exact) mass is 216 g/mol. The molecular formula is C11H20O2S. The van der Waals surface area contributed by atoms with E-state index in [4.69, 9.17) is 4.74 Å². The van der Waals surface area contributed by atoms with Crippen molar-refractivity contribution in [2.24, 2.45) is 5.41 Å². The fourth-order valence-electron chi connectivity index (χ4n) is 1.07. The second-order valence-corrected chi connectivity index (χ2v) is 5.11. The van der Waals surface area contributed by atoms with Gasteiger partial charge in [0.2, 0.25) is 0 Å². The van der Waals surface area contributed by atoms with Gasteiger partial charge in [-0.3, -0.25) is 4.79 Å². The van der Waals surface area contributed by atoms with Crippen LogP contribution in [0.25, 0.3) is 0 Å². The average molecular weight is 216 g/mol. The van der Waals surface area contributed by atoms with Crippen LogP contribution in [0, 0.1) is 5.41 Å². The van der Waals surface area contributed by atoms with Gasteiger partial charge in [-0.1, -0.05) is 19.9 Å². The van der Waals surface area contributed by atoms with Crippen molar-refractivity contribution in [1.82, 2.24) is 0 Å². The molecule has 0 N–H and O–H groups in total. The van der Waals surface area contributed by atoms with Gasteiger partial charge in [-0.2, -0.15) is 0 Å². The van der Waals surface area contributed by atoms with E-state index in [1.807, 2.05) is 34.0 Å². The molecule has 0 amide bonds. The molecule has 0 aliphatic rings. The Hall–Kier alpha value is -0.440. The van der Waals surface area contributed by atoms with Crippen molar-refractivity contribution in [3.05, 3.63) is 12.7 Å². The number of allylic oxidation sites excluding steroid dienone is 1. The SMILES string of the molecule is C=CC(C)(C)C(C)(SC)C(=O)OCC. The first-order valence-electron chi connectivity index (χ1n) is 4.71. The van der Waals surface area contributed by atoms with E-state index in [1.54, 1.807) is 6.08 Å². The number of carbonyl (C=O) groups excluding carboxylic acids is 1. The normalized spacial score (nSPS) is 15.8. The Balaban J connectivity index is 4.97. The van der Waals surface area contributed by atoms with Gasteiger partial charge in [0, 0.05) is 5.41 Å². The summed E-state index contributed by atoms with van der Waals surface area (Å²) < 4.78 is 4.51. The molecule has 0 heterocycles. The quantitative estimate of drug-likeness (QED) is 0.522. The Kier molecular flexibility index (Phi) is 4.72. The van der Waals surface area contributed by atoms with E-state index in [2.05, 4.69) is 6.58 Å². The Bertz CT molecular complexity index is 223. The lowest BCUT2D eigenvalue weighted by Gasteiger charge is -2.38. The summed E-state index contributed by atoms with van der Waals surface area (Å²) in [5, 5.41) is 0. The third-order valence-corrected chi connectivity index (χ3v) is 4.32. The second kappa shape index (κ2) is 4.87. The molecule has 0 spiro atoms. The largest absolute Gasteiger partial charge is 0.465 e. The highest BCUT2D eigenvalue weighted by Crippen LogP contribution is 2.42. The van der Waals surface area contributed by atoms with Crippen molar-refractivity contribution in [2.45, 2.75) is 32.4 Å². The minimum Gasteiger partial charge on any atom is -0.465 e. The maximum absolute atomic E-state index is 11.8. The topological polar surface area (TPSA) is 26.3 Å². The van der Waals surface area contributed by atoms with Gasteiger partial charge in [0.15, 0.2) is 0 Å². The van der Waals surface area contributed by atoms with Crippen LogP contribution in [0.3, 0.4) is 0 Å². The molecule has 0 saturated heterocycles. The van der Waals surface area contributed by atoms with Crippen molar-refractivity contribution in [2.75, 3.05) is 12.9 Å². The van der Waals surface area contributed by atoms with Gasteiger partial charge >= 0.3 is 5.97 Å². The number of rotatable bonds is 5. The van der Waals surface area contributed by atoms with Crippen LogP contribution in [0.5, 0.6) is 0 Å². The van der Waals surface area contributed by atoms with Crippen LogP contribution in [0.1, 0.15) is 27.7 Å². The fraction of sp³-hybridized carbons (Fsp3) is 0.727. The van der Waals surface area contributed by atoms with Crippen LogP contribution in [0.15, 0.2) is 12.7 Å². The highest BCUT2D eigenvalue weighted by molar-refractivity contribution is 8.00. The highest BCUT2D eigenvalue weighted by atomic mass is 32.2. The molecule has 0 aliphatic heterocycles. The molecule has 0 saturated carbocycles. The first-order chi connectivity index (χ1) is 6.35. The van der Waals surface area contributed by atoms with Gasteiger partial charge in [0.1, 0.15) is 4.75 Å². The van der Waals surface area contributed by atoms with Crippen LogP contribution in [0.2, 0.25) is 0 Å². The van der Waals surface area contributed by atoms with Crippen molar-refractivity contribution >= 4 is 17.7 Å². The predicted octanol–water partition coefficient (Wildman–Crippen LogP) is 2.88. The lowest BCUT2D eigenvalue weighted by molar-refractivity contribution is -0.147. The summed E-state index contributed by atoms with van der Waals surface area (Å²) in [5.74, 6) is -0.169. The van der Waals surface area contributed by atoms with Gasteiger partial charge in [-0.25, -0.2) is 0 Å². The zero-order chi connectivity index (χ0) is 11.4. The van der Waals surface area contributed by atoms with E-state index < -0.39 is 4.75 Å². The molecule has 0 bridgehead atoms. The van der Waals surface area contributed by atoms with Crippen molar-refractivity contribution in [1.29, 1.82) is 0 Å². The summed E-state index contributed by atoms with van der Waals surface area (Å²) in [6.45, 7) is 11.9. The minimum absolute atomic E-state index is 0.169. The summed E-state index contributed by atoms with van der Waals surface area (Å²) in [4.78, 5) is 11.8. The van der Waals surface area contributed by atoms with Crippen LogP contribution in [-0.4, -0.2) is 23.6 Å². The zero-order valence-electron chi connectivity index (χ0n) is 9.72. The van der Waals surface area contributed by atoms with E-state index in [1.165, 1.54) is 11.8 Å². The Morgan fingerprint density at radius 3 is 2.29 bits per heavy atom. The van der Waals surface area contributed by atoms with Crippen LogP contribution < -0.4 is 0 Å². The molecule has 0 aromatic heterocycles. The first-order valence-corrected chi connectivity index (χ1v) is 5.94. The highest BCUT2D eigenvalue weighted by Gasteiger charge is 2.46. The summed E-state index contributed by atoms with van der Waals surface area (Å²) >= 11 is 1.51. The maximum Gasteiger partial charge on any atom is 0.322 e. The predicted molar refractivity (Wildman–Crippen MR) is 62.5 cm³/mol. The van der Waals surface area contributed by atoms with Crippen molar-refractivity contribution < 1.29 is 9.53 Å². The van der Waals surface area contributed by atoms with E-state index in [0.29, 0.717) is 6.61 Å². The van der Waals surface area contributed by atoms with Gasteiger partial charge in [0.25, 0.3) is 0 Å². The molecular weight excluding hydrogens is 196 g/mol. The summed E-state index contributed by atoms with van der Waals surface area (Å²) in [6, 6.07) is 0. The number of esters is 1. The summed E-state index contributed by atoms with van der Waals surface area (Å²) in [6.07, 6.45) is 3.72. The molecule has 1 atom stereocenters. The zero-order valence-corrected chi connectivity index (χ0v) is 10.5. The number of carbonyl (C=O) groups is 1. The molecule has 1 unspecified atom stereocenters. The third-order valence-electron chi connectivity index (χ3n) is 2.81.